The number of hydrogen-bond donors (Lipinski definition) is 1. The molecule has 1 unspecified atom stereocenters. The minimum absolute atomic E-state index is 0.367. The summed E-state index contributed by atoms with van der Waals surface area (Å²) < 4.78 is 5.55. The monoisotopic (exact) mass is 249 g/mol. The third-order valence-corrected chi connectivity index (χ3v) is 3.37. The summed E-state index contributed by atoms with van der Waals surface area (Å²) in [6, 6.07) is 8.31. The zero-order chi connectivity index (χ0) is 12.8. The molecular formula is C15H23NO2. The summed E-state index contributed by atoms with van der Waals surface area (Å²) in [4.78, 5) is 2.31. The van der Waals surface area contributed by atoms with Crippen molar-refractivity contribution in [2.24, 2.45) is 0 Å². The van der Waals surface area contributed by atoms with Gasteiger partial charge in [0.15, 0.2) is 0 Å². The van der Waals surface area contributed by atoms with Gasteiger partial charge in [-0.25, -0.2) is 0 Å². The van der Waals surface area contributed by atoms with E-state index < -0.39 is 0 Å². The predicted octanol–water partition coefficient (Wildman–Crippen LogP) is 1.97. The van der Waals surface area contributed by atoms with E-state index in [9.17, 15) is 5.11 Å². The smallest absolute Gasteiger partial charge is 0.0900 e. The number of aliphatic hydroxyl groups is 1. The van der Waals surface area contributed by atoms with E-state index in [1.165, 1.54) is 18.4 Å². The third kappa shape index (κ3) is 4.41. The van der Waals surface area contributed by atoms with Crippen molar-refractivity contribution >= 4 is 0 Å². The molecule has 0 saturated carbocycles. The molecule has 1 N–H and O–H groups in total. The number of likely N-dealkylation sites (tertiary alicyclic amines) is 1. The Hall–Kier alpha value is -0.900. The van der Waals surface area contributed by atoms with Gasteiger partial charge in [0, 0.05) is 6.54 Å². The average molecular weight is 249 g/mol. The molecule has 1 atom stereocenters. The lowest BCUT2D eigenvalue weighted by Gasteiger charge is -2.19. The van der Waals surface area contributed by atoms with Crippen LogP contribution in [0.4, 0.5) is 0 Å². The van der Waals surface area contributed by atoms with E-state index in [4.69, 9.17) is 4.74 Å². The first-order valence-corrected chi connectivity index (χ1v) is 6.78. The summed E-state index contributed by atoms with van der Waals surface area (Å²) in [6.45, 7) is 6.06. The van der Waals surface area contributed by atoms with Crippen molar-refractivity contribution in [3.63, 3.8) is 0 Å². The number of ether oxygens (including phenoxy) is 1. The van der Waals surface area contributed by atoms with Crippen LogP contribution >= 0.6 is 0 Å². The molecule has 0 aromatic heterocycles. The molecule has 1 saturated heterocycles. The molecule has 0 bridgehead atoms. The molecule has 1 aliphatic heterocycles. The first kappa shape index (κ1) is 13.5. The Kier molecular flexibility index (Phi) is 5.17. The van der Waals surface area contributed by atoms with Crippen molar-refractivity contribution < 1.29 is 9.84 Å². The molecule has 2 rings (SSSR count). The molecule has 3 heteroatoms. The lowest BCUT2D eigenvalue weighted by atomic mass is 10.2. The summed E-state index contributed by atoms with van der Waals surface area (Å²) in [7, 11) is 0. The van der Waals surface area contributed by atoms with Crippen molar-refractivity contribution in [2.75, 3.05) is 26.2 Å². The Morgan fingerprint density at radius 3 is 2.56 bits per heavy atom. The lowest BCUT2D eigenvalue weighted by molar-refractivity contribution is 0.0134. The van der Waals surface area contributed by atoms with Crippen LogP contribution in [0.25, 0.3) is 0 Å². The van der Waals surface area contributed by atoms with E-state index in [2.05, 4.69) is 36.1 Å². The normalized spacial score (nSPS) is 18.1. The maximum Gasteiger partial charge on any atom is 0.0900 e. The van der Waals surface area contributed by atoms with Gasteiger partial charge in [0.1, 0.15) is 0 Å². The fourth-order valence-electron chi connectivity index (χ4n) is 2.31. The van der Waals surface area contributed by atoms with Crippen LogP contribution in [0.3, 0.4) is 0 Å². The van der Waals surface area contributed by atoms with E-state index in [1.54, 1.807) is 0 Å². The highest BCUT2D eigenvalue weighted by molar-refractivity contribution is 5.20. The van der Waals surface area contributed by atoms with Gasteiger partial charge in [-0.3, -0.25) is 0 Å². The van der Waals surface area contributed by atoms with Crippen LogP contribution in [0.2, 0.25) is 0 Å². The zero-order valence-electron chi connectivity index (χ0n) is 11.1. The molecule has 0 spiro atoms. The fraction of sp³-hybridized carbons (Fsp3) is 0.600. The van der Waals surface area contributed by atoms with Crippen molar-refractivity contribution in [2.45, 2.75) is 32.5 Å². The Bertz CT molecular complexity index is 344. The topological polar surface area (TPSA) is 32.7 Å². The van der Waals surface area contributed by atoms with E-state index in [1.807, 2.05) is 0 Å². The number of rotatable bonds is 6. The zero-order valence-corrected chi connectivity index (χ0v) is 11.1. The second-order valence-corrected chi connectivity index (χ2v) is 5.16. The quantitative estimate of drug-likeness (QED) is 0.836. The molecule has 0 amide bonds. The van der Waals surface area contributed by atoms with Crippen LogP contribution in [0, 0.1) is 6.92 Å². The van der Waals surface area contributed by atoms with Gasteiger partial charge in [0.25, 0.3) is 0 Å². The van der Waals surface area contributed by atoms with Crippen LogP contribution in [0.5, 0.6) is 0 Å². The second-order valence-electron chi connectivity index (χ2n) is 5.16. The first-order valence-electron chi connectivity index (χ1n) is 6.78. The van der Waals surface area contributed by atoms with E-state index in [0.717, 1.165) is 25.2 Å². The molecule has 100 valence electrons. The molecule has 0 radical (unpaired) electrons. The highest BCUT2D eigenvalue weighted by atomic mass is 16.5. The van der Waals surface area contributed by atoms with Gasteiger partial charge in [-0.2, -0.15) is 0 Å². The second kappa shape index (κ2) is 6.88. The minimum Gasteiger partial charge on any atom is -0.389 e. The summed E-state index contributed by atoms with van der Waals surface area (Å²) in [5, 5.41) is 9.87. The van der Waals surface area contributed by atoms with Crippen LogP contribution in [0.1, 0.15) is 24.0 Å². The SMILES string of the molecule is Cc1ccc(COCC(O)CN2CCCC2)cc1. The molecule has 1 aromatic rings. The Labute approximate surface area is 109 Å². The number of benzene rings is 1. The average Bonchev–Trinajstić information content (AvgIpc) is 2.84. The van der Waals surface area contributed by atoms with Crippen LogP contribution < -0.4 is 0 Å². The van der Waals surface area contributed by atoms with Gasteiger partial charge in [-0.05, 0) is 38.4 Å². The predicted molar refractivity (Wildman–Crippen MR) is 72.5 cm³/mol. The summed E-state index contributed by atoms with van der Waals surface area (Å²) >= 11 is 0. The van der Waals surface area contributed by atoms with E-state index >= 15 is 0 Å². The third-order valence-electron chi connectivity index (χ3n) is 3.37. The number of hydrogen-bond acceptors (Lipinski definition) is 3. The minimum atomic E-state index is -0.367. The van der Waals surface area contributed by atoms with E-state index in [-0.39, 0.29) is 6.10 Å². The molecule has 3 nitrogen and oxygen atoms in total. The van der Waals surface area contributed by atoms with Gasteiger partial charge in [-0.1, -0.05) is 29.8 Å². The Morgan fingerprint density at radius 1 is 1.22 bits per heavy atom. The number of β-amino-alcohol motifs (C(OH)–C–C–N with tert-alkyl or cyclic N) is 1. The number of aliphatic hydroxyl groups excluding tert-OH is 1. The molecular weight excluding hydrogens is 226 g/mol. The highest BCUT2D eigenvalue weighted by Crippen LogP contribution is 2.08. The van der Waals surface area contributed by atoms with Crippen molar-refractivity contribution in [1.82, 2.24) is 4.90 Å². The van der Waals surface area contributed by atoms with E-state index in [0.29, 0.717) is 13.2 Å². The molecule has 1 fully saturated rings. The number of aryl methyl sites for hydroxylation is 1. The highest BCUT2D eigenvalue weighted by Gasteiger charge is 2.15. The van der Waals surface area contributed by atoms with Gasteiger partial charge in [0.2, 0.25) is 0 Å². The number of nitrogens with zero attached hydrogens (tertiary/aromatic N) is 1. The fourth-order valence-corrected chi connectivity index (χ4v) is 2.31. The molecule has 1 aliphatic rings. The van der Waals surface area contributed by atoms with Crippen LogP contribution in [-0.4, -0.2) is 42.4 Å². The molecule has 18 heavy (non-hydrogen) atoms. The van der Waals surface area contributed by atoms with Gasteiger partial charge in [0.05, 0.1) is 19.3 Å². The van der Waals surface area contributed by atoms with Crippen molar-refractivity contribution in [3.8, 4) is 0 Å². The van der Waals surface area contributed by atoms with Crippen LogP contribution in [0.15, 0.2) is 24.3 Å². The van der Waals surface area contributed by atoms with Gasteiger partial charge < -0.3 is 14.7 Å². The van der Waals surface area contributed by atoms with Crippen LogP contribution in [-0.2, 0) is 11.3 Å². The Balaban J connectivity index is 1.63. The summed E-state index contributed by atoms with van der Waals surface area (Å²) in [5.41, 5.74) is 2.42. The molecule has 1 heterocycles. The summed E-state index contributed by atoms with van der Waals surface area (Å²) in [5.74, 6) is 0. The molecule has 0 aliphatic carbocycles. The van der Waals surface area contributed by atoms with Gasteiger partial charge >= 0.3 is 0 Å². The maximum atomic E-state index is 9.87. The largest absolute Gasteiger partial charge is 0.389 e. The van der Waals surface area contributed by atoms with Gasteiger partial charge in [-0.15, -0.1) is 0 Å². The van der Waals surface area contributed by atoms with Crippen molar-refractivity contribution in [1.29, 1.82) is 0 Å². The summed E-state index contributed by atoms with van der Waals surface area (Å²) in [6.07, 6.45) is 2.15. The Morgan fingerprint density at radius 2 is 1.89 bits per heavy atom. The van der Waals surface area contributed by atoms with Crippen molar-refractivity contribution in [3.05, 3.63) is 35.4 Å². The first-order chi connectivity index (χ1) is 8.74. The standard InChI is InChI=1S/C15H23NO2/c1-13-4-6-14(7-5-13)11-18-12-15(17)10-16-8-2-3-9-16/h4-7,15,17H,2-3,8-12H2,1H3. The lowest BCUT2D eigenvalue weighted by Crippen LogP contribution is -2.32. The molecule has 1 aromatic carbocycles. The maximum absolute atomic E-state index is 9.87.